The lowest BCUT2D eigenvalue weighted by Gasteiger charge is -2.18. The molecule has 3 heterocycles. The molecule has 0 aliphatic carbocycles. The van der Waals surface area contributed by atoms with E-state index in [0.717, 1.165) is 30.9 Å². The minimum absolute atomic E-state index is 0.382. The molecule has 0 saturated carbocycles. The number of nitrogens with zero attached hydrogens (tertiary/aromatic N) is 2. The summed E-state index contributed by atoms with van der Waals surface area (Å²) in [6.07, 6.45) is 3.53. The van der Waals surface area contributed by atoms with Crippen LogP contribution < -0.4 is 0 Å². The molecule has 15 heavy (non-hydrogen) atoms. The molecule has 0 radical (unpaired) electrons. The lowest BCUT2D eigenvalue weighted by molar-refractivity contribution is 0.134. The number of rotatable bonds is 1. The molecule has 78 valence electrons. The van der Waals surface area contributed by atoms with Gasteiger partial charge in [0.05, 0.1) is 10.6 Å². The largest absolute Gasteiger partial charge is 0.385 e. The Labute approximate surface area is 92.0 Å². The second-order valence-electron chi connectivity index (χ2n) is 3.81. The lowest BCUT2D eigenvalue weighted by atomic mass is 10.1. The molecule has 2 aromatic rings. The van der Waals surface area contributed by atoms with Crippen molar-refractivity contribution in [1.82, 2.24) is 9.55 Å². The molecule has 1 unspecified atom stereocenters. The molecule has 0 bridgehead atoms. The van der Waals surface area contributed by atoms with Crippen LogP contribution in [0.4, 0.5) is 0 Å². The third-order valence-corrected chi connectivity index (χ3v) is 3.65. The summed E-state index contributed by atoms with van der Waals surface area (Å²) < 4.78 is 2.07. The second-order valence-corrected chi connectivity index (χ2v) is 4.76. The van der Waals surface area contributed by atoms with E-state index < -0.39 is 0 Å². The average Bonchev–Trinajstić information content (AvgIpc) is 2.86. The molecule has 3 nitrogen and oxygen atoms in total. The Morgan fingerprint density at radius 1 is 1.53 bits per heavy atom. The Morgan fingerprint density at radius 2 is 2.47 bits per heavy atom. The third-order valence-electron chi connectivity index (χ3n) is 2.76. The van der Waals surface area contributed by atoms with Crippen molar-refractivity contribution in [2.24, 2.45) is 0 Å². The van der Waals surface area contributed by atoms with Crippen molar-refractivity contribution in [2.75, 3.05) is 0 Å². The van der Waals surface area contributed by atoms with Crippen LogP contribution in [0.5, 0.6) is 0 Å². The van der Waals surface area contributed by atoms with Crippen molar-refractivity contribution in [3.8, 4) is 10.6 Å². The van der Waals surface area contributed by atoms with Gasteiger partial charge >= 0.3 is 0 Å². The maximum atomic E-state index is 9.79. The van der Waals surface area contributed by atoms with E-state index >= 15 is 0 Å². The predicted molar refractivity (Wildman–Crippen MR) is 59.7 cm³/mol. The first-order chi connectivity index (χ1) is 7.34. The molecule has 0 aromatic carbocycles. The Kier molecular flexibility index (Phi) is 2.11. The zero-order valence-electron chi connectivity index (χ0n) is 8.26. The summed E-state index contributed by atoms with van der Waals surface area (Å²) in [5.41, 5.74) is 0.987. The second kappa shape index (κ2) is 3.47. The highest BCUT2D eigenvalue weighted by Gasteiger charge is 2.21. The number of aliphatic hydroxyl groups excluding tert-OH is 1. The van der Waals surface area contributed by atoms with E-state index in [-0.39, 0.29) is 6.10 Å². The number of aromatic nitrogens is 2. The van der Waals surface area contributed by atoms with Gasteiger partial charge in [0.2, 0.25) is 0 Å². The first-order valence-electron chi connectivity index (χ1n) is 5.13. The molecule has 1 N–H and O–H groups in total. The lowest BCUT2D eigenvalue weighted by Crippen LogP contribution is -2.14. The summed E-state index contributed by atoms with van der Waals surface area (Å²) in [6, 6.07) is 4.08. The maximum Gasteiger partial charge on any atom is 0.138 e. The Hall–Kier alpha value is -1.13. The number of imidazole rings is 1. The van der Waals surface area contributed by atoms with E-state index in [1.807, 2.05) is 17.6 Å². The highest BCUT2D eigenvalue weighted by atomic mass is 32.1. The van der Waals surface area contributed by atoms with Crippen molar-refractivity contribution in [3.05, 3.63) is 29.5 Å². The Morgan fingerprint density at radius 3 is 3.20 bits per heavy atom. The zero-order chi connectivity index (χ0) is 10.3. The number of hydrogen-bond donors (Lipinski definition) is 1. The Balaban J connectivity index is 2.06. The fourth-order valence-electron chi connectivity index (χ4n) is 2.00. The molecule has 0 saturated heterocycles. The summed E-state index contributed by atoms with van der Waals surface area (Å²) >= 11 is 1.68. The topological polar surface area (TPSA) is 38.0 Å². The van der Waals surface area contributed by atoms with Gasteiger partial charge in [0.15, 0.2) is 0 Å². The number of hydrogen-bond acceptors (Lipinski definition) is 3. The summed E-state index contributed by atoms with van der Waals surface area (Å²) in [5, 5.41) is 11.8. The quantitative estimate of drug-likeness (QED) is 0.801. The van der Waals surface area contributed by atoms with Crippen LogP contribution >= 0.6 is 11.3 Å². The van der Waals surface area contributed by atoms with Crippen LogP contribution in [0, 0.1) is 0 Å². The summed E-state index contributed by atoms with van der Waals surface area (Å²) in [6.45, 7) is 0.977. The summed E-state index contributed by atoms with van der Waals surface area (Å²) in [4.78, 5) is 5.67. The highest BCUT2D eigenvalue weighted by molar-refractivity contribution is 7.13. The van der Waals surface area contributed by atoms with Crippen LogP contribution in [0.1, 0.15) is 24.8 Å². The van der Waals surface area contributed by atoms with E-state index in [9.17, 15) is 5.11 Å². The van der Waals surface area contributed by atoms with E-state index in [1.165, 1.54) is 4.88 Å². The van der Waals surface area contributed by atoms with Crippen LogP contribution in [0.15, 0.2) is 23.7 Å². The van der Waals surface area contributed by atoms with Crippen LogP contribution in [0.2, 0.25) is 0 Å². The molecule has 2 aromatic heterocycles. The minimum atomic E-state index is -0.382. The van der Waals surface area contributed by atoms with Gasteiger partial charge in [-0.3, -0.25) is 0 Å². The van der Waals surface area contributed by atoms with Crippen molar-refractivity contribution < 1.29 is 5.11 Å². The summed E-state index contributed by atoms with van der Waals surface area (Å²) in [5.74, 6) is 0.824. The van der Waals surface area contributed by atoms with Crippen molar-refractivity contribution in [1.29, 1.82) is 0 Å². The first kappa shape index (κ1) is 9.12. The van der Waals surface area contributed by atoms with Gasteiger partial charge in [0, 0.05) is 12.7 Å². The maximum absolute atomic E-state index is 9.79. The molecule has 1 aliphatic heterocycles. The zero-order valence-corrected chi connectivity index (χ0v) is 9.07. The number of aryl methyl sites for hydroxylation is 1. The van der Waals surface area contributed by atoms with E-state index in [0.29, 0.717) is 0 Å². The van der Waals surface area contributed by atoms with Crippen molar-refractivity contribution in [3.63, 3.8) is 0 Å². The Bertz CT molecular complexity index is 461. The molecule has 0 spiro atoms. The number of thiophene rings is 1. The molecule has 1 aliphatic rings. The van der Waals surface area contributed by atoms with Gasteiger partial charge in [-0.1, -0.05) is 6.07 Å². The molecule has 4 heteroatoms. The van der Waals surface area contributed by atoms with E-state index in [1.54, 1.807) is 11.3 Å². The van der Waals surface area contributed by atoms with Crippen molar-refractivity contribution >= 4 is 11.3 Å². The SMILES string of the molecule is OC1CCCn2cc(-c3cccs3)nc21. The molecular weight excluding hydrogens is 208 g/mol. The fraction of sp³-hybridized carbons (Fsp3) is 0.364. The number of aliphatic hydroxyl groups is 1. The van der Waals surface area contributed by atoms with Gasteiger partial charge in [0.25, 0.3) is 0 Å². The van der Waals surface area contributed by atoms with Gasteiger partial charge in [-0.05, 0) is 24.3 Å². The van der Waals surface area contributed by atoms with Crippen LogP contribution in [-0.2, 0) is 6.54 Å². The predicted octanol–water partition coefficient (Wildman–Crippen LogP) is 2.44. The molecule has 1 atom stereocenters. The summed E-state index contributed by atoms with van der Waals surface area (Å²) in [7, 11) is 0. The highest BCUT2D eigenvalue weighted by Crippen LogP contribution is 2.29. The van der Waals surface area contributed by atoms with E-state index in [4.69, 9.17) is 0 Å². The molecule has 0 fully saturated rings. The van der Waals surface area contributed by atoms with Crippen LogP contribution in [0.3, 0.4) is 0 Å². The standard InChI is InChI=1S/C11H12N2OS/c14-9-3-1-5-13-7-8(12-11(9)13)10-4-2-6-15-10/h2,4,6-7,9,14H,1,3,5H2. The van der Waals surface area contributed by atoms with Crippen LogP contribution in [-0.4, -0.2) is 14.7 Å². The monoisotopic (exact) mass is 220 g/mol. The molecule has 0 amide bonds. The van der Waals surface area contributed by atoms with Gasteiger partial charge < -0.3 is 9.67 Å². The number of fused-ring (bicyclic) bond motifs is 1. The molecule has 3 rings (SSSR count). The van der Waals surface area contributed by atoms with Crippen molar-refractivity contribution in [2.45, 2.75) is 25.5 Å². The molecular formula is C11H12N2OS. The van der Waals surface area contributed by atoms with Gasteiger partial charge in [0.1, 0.15) is 11.9 Å². The minimum Gasteiger partial charge on any atom is -0.385 e. The normalized spacial score (nSPS) is 20.2. The fourth-order valence-corrected chi connectivity index (χ4v) is 2.68. The third kappa shape index (κ3) is 1.50. The van der Waals surface area contributed by atoms with E-state index in [2.05, 4.69) is 15.6 Å². The van der Waals surface area contributed by atoms with Crippen LogP contribution in [0.25, 0.3) is 10.6 Å². The average molecular weight is 220 g/mol. The smallest absolute Gasteiger partial charge is 0.138 e. The van der Waals surface area contributed by atoms with Gasteiger partial charge in [-0.15, -0.1) is 11.3 Å². The first-order valence-corrected chi connectivity index (χ1v) is 6.01. The van der Waals surface area contributed by atoms with Gasteiger partial charge in [-0.2, -0.15) is 0 Å². The van der Waals surface area contributed by atoms with Gasteiger partial charge in [-0.25, -0.2) is 4.98 Å².